The average Bonchev–Trinajstić information content (AvgIpc) is 3.28. The highest BCUT2D eigenvalue weighted by atomic mass is 19.1. The highest BCUT2D eigenvalue weighted by Gasteiger charge is 2.19. The standard InChI is InChI=1S/C24H19FN4O3/c1-31-20-12-18-19(13-21(20)32-2)28(14-15-8-10-17(25)11-9-15)24(30)29-23(18)26-22(27-29)16-6-4-3-5-7-16/h3-13H,14H2,1-2H3. The molecule has 0 unspecified atom stereocenters. The summed E-state index contributed by atoms with van der Waals surface area (Å²) in [7, 11) is 3.09. The second kappa shape index (κ2) is 7.81. The van der Waals surface area contributed by atoms with Gasteiger partial charge in [-0.2, -0.15) is 4.52 Å². The first-order chi connectivity index (χ1) is 15.6. The summed E-state index contributed by atoms with van der Waals surface area (Å²) in [5.74, 6) is 1.10. The Labute approximate surface area is 182 Å². The summed E-state index contributed by atoms with van der Waals surface area (Å²) in [6.45, 7) is 0.224. The minimum absolute atomic E-state index is 0.224. The molecule has 0 saturated carbocycles. The molecule has 160 valence electrons. The van der Waals surface area contributed by atoms with Crippen molar-refractivity contribution in [1.29, 1.82) is 0 Å². The molecule has 8 heteroatoms. The largest absolute Gasteiger partial charge is 0.493 e. The molecule has 0 spiro atoms. The average molecular weight is 430 g/mol. The van der Waals surface area contributed by atoms with Crippen molar-refractivity contribution >= 4 is 16.6 Å². The molecular formula is C24H19FN4O3. The first-order valence-electron chi connectivity index (χ1n) is 9.94. The molecule has 5 rings (SSSR count). The van der Waals surface area contributed by atoms with Crippen LogP contribution in [0.1, 0.15) is 5.56 Å². The normalized spacial score (nSPS) is 11.2. The molecule has 2 aromatic heterocycles. The molecule has 0 saturated heterocycles. The van der Waals surface area contributed by atoms with E-state index in [1.54, 1.807) is 35.9 Å². The number of halogens is 1. The van der Waals surface area contributed by atoms with Gasteiger partial charge < -0.3 is 9.47 Å². The number of hydrogen-bond donors (Lipinski definition) is 0. The van der Waals surface area contributed by atoms with Gasteiger partial charge in [-0.25, -0.2) is 14.2 Å². The van der Waals surface area contributed by atoms with Crippen LogP contribution in [0.4, 0.5) is 4.39 Å². The summed E-state index contributed by atoms with van der Waals surface area (Å²) in [4.78, 5) is 18.1. The quantitative estimate of drug-likeness (QED) is 0.423. The highest BCUT2D eigenvalue weighted by Crippen LogP contribution is 2.33. The summed E-state index contributed by atoms with van der Waals surface area (Å²) in [5.41, 5.74) is 2.23. The Balaban J connectivity index is 1.82. The predicted molar refractivity (Wildman–Crippen MR) is 119 cm³/mol. The van der Waals surface area contributed by atoms with Gasteiger partial charge in [0.2, 0.25) is 0 Å². The number of benzene rings is 3. The van der Waals surface area contributed by atoms with Crippen molar-refractivity contribution < 1.29 is 13.9 Å². The molecule has 5 aromatic rings. The molecule has 0 aliphatic rings. The van der Waals surface area contributed by atoms with E-state index in [-0.39, 0.29) is 18.1 Å². The van der Waals surface area contributed by atoms with E-state index in [2.05, 4.69) is 10.1 Å². The van der Waals surface area contributed by atoms with E-state index in [4.69, 9.17) is 9.47 Å². The van der Waals surface area contributed by atoms with Crippen molar-refractivity contribution in [2.75, 3.05) is 14.2 Å². The number of methoxy groups -OCH3 is 2. The second-order valence-electron chi connectivity index (χ2n) is 7.26. The van der Waals surface area contributed by atoms with Gasteiger partial charge in [0.25, 0.3) is 0 Å². The molecule has 0 fully saturated rings. The van der Waals surface area contributed by atoms with E-state index >= 15 is 0 Å². The highest BCUT2D eigenvalue weighted by molar-refractivity contribution is 5.94. The number of ether oxygens (including phenoxy) is 2. The zero-order valence-corrected chi connectivity index (χ0v) is 17.4. The number of hydrogen-bond acceptors (Lipinski definition) is 5. The van der Waals surface area contributed by atoms with Gasteiger partial charge in [0.15, 0.2) is 23.0 Å². The number of aromatic nitrogens is 4. The number of fused-ring (bicyclic) bond motifs is 3. The van der Waals surface area contributed by atoms with Crippen molar-refractivity contribution in [1.82, 2.24) is 19.2 Å². The molecule has 0 N–H and O–H groups in total. The van der Waals surface area contributed by atoms with E-state index in [1.165, 1.54) is 23.8 Å². The van der Waals surface area contributed by atoms with Crippen LogP contribution in [0.25, 0.3) is 27.9 Å². The van der Waals surface area contributed by atoms with Crippen LogP contribution in [0.2, 0.25) is 0 Å². The first-order valence-corrected chi connectivity index (χ1v) is 9.94. The van der Waals surface area contributed by atoms with Crippen LogP contribution in [-0.4, -0.2) is 33.4 Å². The Morgan fingerprint density at radius 3 is 2.31 bits per heavy atom. The summed E-state index contributed by atoms with van der Waals surface area (Å²) >= 11 is 0. The molecule has 0 aliphatic heterocycles. The fraction of sp³-hybridized carbons (Fsp3) is 0.125. The molecule has 0 atom stereocenters. The van der Waals surface area contributed by atoms with Crippen molar-refractivity contribution in [2.24, 2.45) is 0 Å². The predicted octanol–water partition coefficient (Wildman–Crippen LogP) is 3.92. The lowest BCUT2D eigenvalue weighted by molar-refractivity contribution is 0.355. The number of nitrogens with zero attached hydrogens (tertiary/aromatic N) is 4. The topological polar surface area (TPSA) is 70.7 Å². The zero-order valence-electron chi connectivity index (χ0n) is 17.4. The minimum atomic E-state index is -0.362. The summed E-state index contributed by atoms with van der Waals surface area (Å²) in [6, 6.07) is 19.0. The van der Waals surface area contributed by atoms with Crippen molar-refractivity contribution in [3.63, 3.8) is 0 Å². The van der Waals surface area contributed by atoms with Gasteiger partial charge in [0.05, 0.1) is 26.3 Å². The van der Waals surface area contributed by atoms with E-state index in [0.717, 1.165) is 11.1 Å². The van der Waals surface area contributed by atoms with Crippen molar-refractivity contribution in [2.45, 2.75) is 6.54 Å². The Morgan fingerprint density at radius 1 is 0.938 bits per heavy atom. The van der Waals surface area contributed by atoms with Crippen molar-refractivity contribution in [3.8, 4) is 22.9 Å². The minimum Gasteiger partial charge on any atom is -0.493 e. The van der Waals surface area contributed by atoms with Gasteiger partial charge in [-0.1, -0.05) is 42.5 Å². The van der Waals surface area contributed by atoms with Gasteiger partial charge in [0, 0.05) is 17.0 Å². The third kappa shape index (κ3) is 3.26. The van der Waals surface area contributed by atoms with Crippen LogP contribution < -0.4 is 15.2 Å². The molecule has 0 aliphatic carbocycles. The van der Waals surface area contributed by atoms with Crippen molar-refractivity contribution in [3.05, 3.63) is 88.6 Å². The Bertz CT molecular complexity index is 1490. The van der Waals surface area contributed by atoms with Crippen LogP contribution >= 0.6 is 0 Å². The van der Waals surface area contributed by atoms with Crippen LogP contribution in [0.5, 0.6) is 11.5 Å². The number of rotatable bonds is 5. The molecule has 32 heavy (non-hydrogen) atoms. The van der Waals surface area contributed by atoms with E-state index in [0.29, 0.717) is 33.9 Å². The van der Waals surface area contributed by atoms with Crippen LogP contribution in [-0.2, 0) is 6.54 Å². The van der Waals surface area contributed by atoms with Crippen LogP contribution in [0, 0.1) is 5.82 Å². The Kier molecular flexibility index (Phi) is 4.82. The summed E-state index contributed by atoms with van der Waals surface area (Å²) in [6.07, 6.45) is 0. The molecule has 0 bridgehead atoms. The molecule has 3 aromatic carbocycles. The lowest BCUT2D eigenvalue weighted by Crippen LogP contribution is -2.28. The molecule has 2 heterocycles. The fourth-order valence-corrected chi connectivity index (χ4v) is 3.74. The van der Waals surface area contributed by atoms with Gasteiger partial charge in [-0.3, -0.25) is 4.57 Å². The van der Waals surface area contributed by atoms with E-state index in [9.17, 15) is 9.18 Å². The van der Waals surface area contributed by atoms with Gasteiger partial charge in [-0.15, -0.1) is 5.10 Å². The molecule has 0 radical (unpaired) electrons. The maximum absolute atomic E-state index is 13.5. The maximum atomic E-state index is 13.5. The van der Waals surface area contributed by atoms with Gasteiger partial charge >= 0.3 is 5.69 Å². The molecular weight excluding hydrogens is 411 g/mol. The van der Waals surface area contributed by atoms with E-state index < -0.39 is 0 Å². The molecule has 0 amide bonds. The Hall–Kier alpha value is -4.20. The third-order valence-corrected chi connectivity index (χ3v) is 5.34. The third-order valence-electron chi connectivity index (χ3n) is 5.34. The first kappa shape index (κ1) is 19.7. The monoisotopic (exact) mass is 430 g/mol. The van der Waals surface area contributed by atoms with E-state index in [1.807, 2.05) is 30.3 Å². The lowest BCUT2D eigenvalue weighted by Gasteiger charge is -2.14. The SMILES string of the molecule is COc1cc2c(cc1OC)n(Cc1ccc(F)cc1)c(=O)n1nc(-c3ccccc3)nc21. The van der Waals surface area contributed by atoms with Gasteiger partial charge in [0.1, 0.15) is 5.82 Å². The molecule has 7 nitrogen and oxygen atoms in total. The summed E-state index contributed by atoms with van der Waals surface area (Å²) < 4.78 is 27.2. The van der Waals surface area contributed by atoms with Crippen LogP contribution in [0.15, 0.2) is 71.5 Å². The van der Waals surface area contributed by atoms with Gasteiger partial charge in [-0.05, 0) is 23.8 Å². The maximum Gasteiger partial charge on any atom is 0.351 e. The summed E-state index contributed by atoms with van der Waals surface area (Å²) in [5, 5.41) is 5.17. The zero-order chi connectivity index (χ0) is 22.2. The van der Waals surface area contributed by atoms with Crippen LogP contribution in [0.3, 0.4) is 0 Å². The fourth-order valence-electron chi connectivity index (χ4n) is 3.74. The lowest BCUT2D eigenvalue weighted by atomic mass is 10.1. The Morgan fingerprint density at radius 2 is 1.62 bits per heavy atom. The smallest absolute Gasteiger partial charge is 0.351 e. The second-order valence-corrected chi connectivity index (χ2v) is 7.26.